The highest BCUT2D eigenvalue weighted by Crippen LogP contribution is 2.40. The second-order valence-corrected chi connectivity index (χ2v) is 14.1. The first-order chi connectivity index (χ1) is 21.5. The van der Waals surface area contributed by atoms with Crippen LogP contribution in [0.15, 0.2) is 32.3 Å². The summed E-state index contributed by atoms with van der Waals surface area (Å²) in [5.74, 6) is 0.867. The number of nitrogens with two attached hydrogens (primary N) is 1. The Bertz CT molecular complexity index is 1290. The van der Waals surface area contributed by atoms with Crippen LogP contribution in [-0.2, 0) is 0 Å². The number of fused-ring (bicyclic) bond motifs is 1. The molecule has 10 heteroatoms. The molecule has 1 aromatic rings. The van der Waals surface area contributed by atoms with Crippen molar-refractivity contribution in [2.45, 2.75) is 105 Å². The van der Waals surface area contributed by atoms with E-state index in [1.165, 1.54) is 32.1 Å². The van der Waals surface area contributed by atoms with Crippen LogP contribution in [0.5, 0.6) is 6.01 Å². The quantitative estimate of drug-likeness (QED) is 0.181. The maximum Gasteiger partial charge on any atom is 0.318 e. The maximum atomic E-state index is 6.56. The van der Waals surface area contributed by atoms with E-state index in [1.54, 1.807) is 0 Å². The molecule has 0 radical (unpaired) electrons. The molecule has 3 rings (SSSR count). The van der Waals surface area contributed by atoms with Crippen molar-refractivity contribution in [2.24, 2.45) is 21.1 Å². The Morgan fingerprint density at radius 1 is 1.17 bits per heavy atom. The Balaban J connectivity index is 0.00000736. The molecule has 2 heterocycles. The molecule has 1 aromatic heterocycles. The summed E-state index contributed by atoms with van der Waals surface area (Å²) in [6, 6.07) is 0.626. The average Bonchev–Trinajstić information content (AvgIpc) is 3.24. The van der Waals surface area contributed by atoms with E-state index in [4.69, 9.17) is 30.4 Å². The van der Waals surface area contributed by atoms with E-state index in [0.29, 0.717) is 25.7 Å². The molecule has 2 aliphatic rings. The van der Waals surface area contributed by atoms with Crippen LogP contribution in [0.25, 0.3) is 11.6 Å². The Kier molecular flexibility index (Phi) is 16.6. The lowest BCUT2D eigenvalue weighted by Crippen LogP contribution is -2.33. The molecule has 2 unspecified atom stereocenters. The van der Waals surface area contributed by atoms with Crippen molar-refractivity contribution < 1.29 is 10.2 Å². The molecular weight excluding hydrogens is 642 g/mol. The molecular formula is C36H60BrN7O2. The summed E-state index contributed by atoms with van der Waals surface area (Å²) in [4.78, 5) is 24.6. The summed E-state index contributed by atoms with van der Waals surface area (Å²) >= 11 is 3.84. The largest absolute Gasteiger partial charge is 0.463 e. The highest BCUT2D eigenvalue weighted by Gasteiger charge is 2.31. The van der Waals surface area contributed by atoms with Gasteiger partial charge in [0.05, 0.1) is 35.8 Å². The number of rotatable bonds is 16. The number of aliphatic imine (C=N–C) groups is 2. The second kappa shape index (κ2) is 19.3. The van der Waals surface area contributed by atoms with E-state index in [9.17, 15) is 0 Å². The molecule has 4 N–H and O–H groups in total. The van der Waals surface area contributed by atoms with Gasteiger partial charge in [-0.2, -0.15) is 9.97 Å². The van der Waals surface area contributed by atoms with Crippen LogP contribution in [0.1, 0.15) is 111 Å². The molecule has 46 heavy (non-hydrogen) atoms. The van der Waals surface area contributed by atoms with Gasteiger partial charge in [-0.15, -0.1) is 0 Å². The fourth-order valence-corrected chi connectivity index (χ4v) is 6.41. The highest BCUT2D eigenvalue weighted by atomic mass is 79.9. The highest BCUT2D eigenvalue weighted by molar-refractivity contribution is 9.12. The minimum Gasteiger partial charge on any atom is -0.463 e. The zero-order valence-electron chi connectivity index (χ0n) is 29.8. The van der Waals surface area contributed by atoms with Crippen LogP contribution in [0.3, 0.4) is 0 Å². The third kappa shape index (κ3) is 11.3. The van der Waals surface area contributed by atoms with Crippen LogP contribution < -0.4 is 15.4 Å². The summed E-state index contributed by atoms with van der Waals surface area (Å²) in [6.07, 6.45) is 16.5. The van der Waals surface area contributed by atoms with E-state index in [2.05, 4.69) is 79.4 Å². The first-order valence-corrected chi connectivity index (χ1v) is 17.9. The number of likely N-dealkylation sites (N-methyl/N-ethyl adjacent to an activating group) is 1. The van der Waals surface area contributed by atoms with Gasteiger partial charge in [0.25, 0.3) is 0 Å². The van der Waals surface area contributed by atoms with Gasteiger partial charge in [-0.3, -0.25) is 9.98 Å². The fourth-order valence-electron chi connectivity index (χ4n) is 5.88. The Labute approximate surface area is 287 Å². The number of aromatic nitrogens is 2. The van der Waals surface area contributed by atoms with Gasteiger partial charge in [0, 0.05) is 46.8 Å². The molecule has 0 amide bonds. The van der Waals surface area contributed by atoms with Crippen molar-refractivity contribution in [3.05, 3.63) is 33.6 Å². The van der Waals surface area contributed by atoms with E-state index >= 15 is 0 Å². The average molecular weight is 703 g/mol. The molecule has 0 aromatic carbocycles. The minimum absolute atomic E-state index is 0. The number of hydrogen-bond acceptors (Lipinski definition) is 8. The smallest absolute Gasteiger partial charge is 0.318 e. The molecule has 0 spiro atoms. The van der Waals surface area contributed by atoms with Gasteiger partial charge >= 0.3 is 6.01 Å². The van der Waals surface area contributed by atoms with Crippen molar-refractivity contribution in [2.75, 3.05) is 51.8 Å². The zero-order chi connectivity index (χ0) is 33.0. The van der Waals surface area contributed by atoms with Crippen LogP contribution in [0, 0.1) is 5.41 Å². The maximum absolute atomic E-state index is 6.56. The van der Waals surface area contributed by atoms with Crippen molar-refractivity contribution >= 4 is 44.8 Å². The molecule has 1 aliphatic heterocycles. The van der Waals surface area contributed by atoms with E-state index in [0.717, 1.165) is 83.0 Å². The first kappa shape index (κ1) is 39.6. The number of ether oxygens (including phenoxy) is 1. The van der Waals surface area contributed by atoms with Gasteiger partial charge in [0.1, 0.15) is 5.82 Å². The van der Waals surface area contributed by atoms with Crippen LogP contribution >= 0.6 is 15.9 Å². The summed E-state index contributed by atoms with van der Waals surface area (Å²) in [6.45, 7) is 16.8. The summed E-state index contributed by atoms with van der Waals surface area (Å²) < 4.78 is 7.50. The van der Waals surface area contributed by atoms with Crippen LogP contribution in [0.2, 0.25) is 0 Å². The predicted molar refractivity (Wildman–Crippen MR) is 201 cm³/mol. The van der Waals surface area contributed by atoms with Gasteiger partial charge < -0.3 is 25.7 Å². The van der Waals surface area contributed by atoms with Crippen molar-refractivity contribution in [3.63, 3.8) is 0 Å². The van der Waals surface area contributed by atoms with Gasteiger partial charge in [-0.25, -0.2) is 0 Å². The Hall–Kier alpha value is -2.56. The summed E-state index contributed by atoms with van der Waals surface area (Å²) in [5.41, 5.74) is 12.1. The number of nitrogens with zero attached hydrogens (tertiary/aromatic N) is 6. The van der Waals surface area contributed by atoms with Crippen molar-refractivity contribution in [3.8, 4) is 6.01 Å². The molecule has 0 bridgehead atoms. The number of hydrogen-bond donors (Lipinski definition) is 1. The molecule has 0 fully saturated rings. The third-order valence-electron chi connectivity index (χ3n) is 8.61. The lowest BCUT2D eigenvalue weighted by atomic mass is 9.81. The van der Waals surface area contributed by atoms with E-state index < -0.39 is 0 Å². The molecule has 2 atom stereocenters. The van der Waals surface area contributed by atoms with Crippen LogP contribution in [0.4, 0.5) is 5.82 Å². The minimum atomic E-state index is 0. The van der Waals surface area contributed by atoms with Crippen molar-refractivity contribution in [1.29, 1.82) is 0 Å². The first-order valence-electron chi connectivity index (χ1n) is 17.1. The summed E-state index contributed by atoms with van der Waals surface area (Å²) in [7, 11) is 4.05. The van der Waals surface area contributed by atoms with Crippen LogP contribution in [-0.4, -0.2) is 84.7 Å². The SMILES string of the molecule is C/C=C1\C(=NC(C)CC)C(Br)=Cc2nc(OCC(C)(CCCC)CCCCC)nc(N3CCCN=C(/C=C(\N)CN(C)C)C3)c21.O. The van der Waals surface area contributed by atoms with Gasteiger partial charge in [-0.1, -0.05) is 65.9 Å². The molecule has 0 saturated heterocycles. The molecule has 0 saturated carbocycles. The fraction of sp³-hybridized carbons (Fsp3) is 0.667. The van der Waals surface area contributed by atoms with Crippen molar-refractivity contribution in [1.82, 2.24) is 14.9 Å². The third-order valence-corrected chi connectivity index (χ3v) is 9.22. The molecule has 1 aliphatic carbocycles. The summed E-state index contributed by atoms with van der Waals surface area (Å²) in [5, 5.41) is 0. The monoisotopic (exact) mass is 701 g/mol. The number of halogens is 1. The normalized spacial score (nSPS) is 19.3. The zero-order valence-corrected chi connectivity index (χ0v) is 31.3. The number of unbranched alkanes of at least 4 members (excludes halogenated alkanes) is 3. The standard InChI is InChI=1S/C36H58BrN7O.H2O/c1-9-13-15-18-36(6,17-14-10-2)25-45-35-41-31-22-30(37)33(40-26(5)11-3)29(12-4)32(31)34(42-35)44-20-16-19-39-28(24-44)21-27(38)23-43(7)8;/h12,21-22,26H,9-11,13-20,23-25,38H2,1-8H3;1H2/b27-21-,29-12-,40-33?;. The molecule has 258 valence electrons. The molecule has 9 nitrogen and oxygen atoms in total. The Morgan fingerprint density at radius 3 is 2.54 bits per heavy atom. The van der Waals surface area contributed by atoms with Gasteiger partial charge in [0.15, 0.2) is 0 Å². The van der Waals surface area contributed by atoms with Gasteiger partial charge in [0.2, 0.25) is 0 Å². The topological polar surface area (TPSA) is 124 Å². The van der Waals surface area contributed by atoms with Gasteiger partial charge in [-0.05, 0) is 81.7 Å². The number of anilines is 1. The Morgan fingerprint density at radius 2 is 1.89 bits per heavy atom. The number of allylic oxidation sites excluding steroid dienone is 3. The lowest BCUT2D eigenvalue weighted by molar-refractivity contribution is 0.126. The second-order valence-electron chi connectivity index (χ2n) is 13.3. The van der Waals surface area contributed by atoms with E-state index in [1.807, 2.05) is 20.2 Å². The lowest BCUT2D eigenvalue weighted by Gasteiger charge is -2.31. The van der Waals surface area contributed by atoms with E-state index in [-0.39, 0.29) is 16.9 Å². The predicted octanol–water partition coefficient (Wildman–Crippen LogP) is 7.26.